The number of carboxylic acid groups (broad SMARTS) is 1. The Bertz CT molecular complexity index is 468. The van der Waals surface area contributed by atoms with Gasteiger partial charge in [0.25, 0.3) is 0 Å². The number of rotatable bonds is 9. The van der Waals surface area contributed by atoms with E-state index in [0.717, 1.165) is 6.26 Å². The van der Waals surface area contributed by atoms with Gasteiger partial charge < -0.3 is 9.84 Å². The fraction of sp³-hybridized carbons (Fsp3) is 0.875. The second kappa shape index (κ2) is 7.02. The molecule has 1 atom stereocenters. The first-order valence-electron chi connectivity index (χ1n) is 4.97. The van der Waals surface area contributed by atoms with E-state index in [2.05, 4.69) is 4.74 Å². The second-order valence-corrected chi connectivity index (χ2v) is 7.87. The molecule has 0 spiro atoms. The van der Waals surface area contributed by atoms with Crippen LogP contribution in [-0.4, -0.2) is 65.4 Å². The van der Waals surface area contributed by atoms with Gasteiger partial charge in [0.2, 0.25) is 10.0 Å². The van der Waals surface area contributed by atoms with Crippen LogP contribution >= 0.6 is 0 Å². The Balaban J connectivity index is 4.59. The van der Waals surface area contributed by atoms with E-state index in [1.807, 2.05) is 4.72 Å². The van der Waals surface area contributed by atoms with Crippen LogP contribution in [0.15, 0.2) is 0 Å². The van der Waals surface area contributed by atoms with Crippen LogP contribution in [0.25, 0.3) is 0 Å². The molecule has 0 saturated heterocycles. The lowest BCUT2D eigenvalue weighted by Crippen LogP contribution is -2.43. The first-order chi connectivity index (χ1) is 8.07. The number of carbonyl (C=O) groups is 1. The zero-order valence-corrected chi connectivity index (χ0v) is 11.8. The third-order valence-corrected chi connectivity index (χ3v) is 4.28. The van der Waals surface area contributed by atoms with Crippen molar-refractivity contribution in [3.8, 4) is 0 Å². The van der Waals surface area contributed by atoms with Crippen LogP contribution in [0.3, 0.4) is 0 Å². The van der Waals surface area contributed by atoms with Gasteiger partial charge in [-0.3, -0.25) is 4.79 Å². The molecular formula is C8H17NO7S2. The van der Waals surface area contributed by atoms with Gasteiger partial charge in [0.05, 0.1) is 18.1 Å². The summed E-state index contributed by atoms with van der Waals surface area (Å²) < 4.78 is 51.2. The van der Waals surface area contributed by atoms with Gasteiger partial charge in [-0.25, -0.2) is 21.6 Å². The van der Waals surface area contributed by atoms with Crippen LogP contribution in [0.4, 0.5) is 0 Å². The number of nitrogens with one attached hydrogen (secondary N) is 1. The molecular weight excluding hydrogens is 286 g/mol. The SMILES string of the molecule is COCCS(=O)(=O)NC(CCS(C)(=O)=O)C(=O)O. The monoisotopic (exact) mass is 303 g/mol. The number of methoxy groups -OCH3 is 1. The Hall–Kier alpha value is -0.710. The highest BCUT2D eigenvalue weighted by Crippen LogP contribution is 2.00. The van der Waals surface area contributed by atoms with Gasteiger partial charge in [-0.05, 0) is 6.42 Å². The molecule has 0 saturated carbocycles. The summed E-state index contributed by atoms with van der Waals surface area (Å²) in [6.07, 6.45) is 0.631. The van der Waals surface area contributed by atoms with Gasteiger partial charge in [-0.2, -0.15) is 0 Å². The van der Waals surface area contributed by atoms with E-state index in [1.165, 1.54) is 7.11 Å². The van der Waals surface area contributed by atoms with Crippen molar-refractivity contribution in [3.63, 3.8) is 0 Å². The van der Waals surface area contributed by atoms with Crippen LogP contribution in [-0.2, 0) is 29.4 Å². The van der Waals surface area contributed by atoms with Crippen molar-refractivity contribution in [1.82, 2.24) is 4.72 Å². The highest BCUT2D eigenvalue weighted by atomic mass is 32.2. The Kier molecular flexibility index (Phi) is 6.74. The van der Waals surface area contributed by atoms with Gasteiger partial charge in [0.1, 0.15) is 15.9 Å². The maximum atomic E-state index is 11.4. The van der Waals surface area contributed by atoms with Gasteiger partial charge in [-0.15, -0.1) is 0 Å². The lowest BCUT2D eigenvalue weighted by Gasteiger charge is -2.14. The summed E-state index contributed by atoms with van der Waals surface area (Å²) in [5.74, 6) is -2.21. The first-order valence-corrected chi connectivity index (χ1v) is 8.68. The summed E-state index contributed by atoms with van der Waals surface area (Å²) in [6.45, 7) is -0.0756. The van der Waals surface area contributed by atoms with Crippen molar-refractivity contribution in [2.45, 2.75) is 12.5 Å². The number of aliphatic carboxylic acids is 1. The molecule has 0 aromatic carbocycles. The maximum Gasteiger partial charge on any atom is 0.321 e. The Morgan fingerprint density at radius 2 is 1.83 bits per heavy atom. The minimum absolute atomic E-state index is 0.0756. The molecule has 0 radical (unpaired) electrons. The summed E-state index contributed by atoms with van der Waals surface area (Å²) in [5, 5.41) is 8.81. The Morgan fingerprint density at radius 3 is 2.22 bits per heavy atom. The standard InChI is InChI=1S/C8H17NO7S2/c1-16-4-6-18(14,15)9-7(8(10)11)3-5-17(2,12)13/h7,9H,3-6H2,1-2H3,(H,10,11). The molecule has 1 unspecified atom stereocenters. The average Bonchev–Trinajstić information content (AvgIpc) is 2.19. The summed E-state index contributed by atoms with van der Waals surface area (Å²) in [5.41, 5.74) is 0. The molecule has 10 heteroatoms. The van der Waals surface area contributed by atoms with E-state index >= 15 is 0 Å². The largest absolute Gasteiger partial charge is 0.480 e. The van der Waals surface area contributed by atoms with Crippen LogP contribution in [0.1, 0.15) is 6.42 Å². The number of sulfone groups is 1. The summed E-state index contributed by atoms with van der Waals surface area (Å²) in [6, 6.07) is -1.46. The van der Waals surface area contributed by atoms with Crippen molar-refractivity contribution in [2.24, 2.45) is 0 Å². The molecule has 0 aromatic heterocycles. The molecule has 0 fully saturated rings. The highest BCUT2D eigenvalue weighted by Gasteiger charge is 2.24. The van der Waals surface area contributed by atoms with E-state index in [1.54, 1.807) is 0 Å². The third kappa shape index (κ3) is 8.39. The number of hydrogen-bond acceptors (Lipinski definition) is 6. The minimum Gasteiger partial charge on any atom is -0.480 e. The summed E-state index contributed by atoms with van der Waals surface area (Å²) >= 11 is 0. The summed E-state index contributed by atoms with van der Waals surface area (Å²) in [7, 11) is -5.84. The van der Waals surface area contributed by atoms with E-state index in [9.17, 15) is 21.6 Å². The van der Waals surface area contributed by atoms with E-state index < -0.39 is 37.6 Å². The first kappa shape index (κ1) is 17.3. The number of hydrogen-bond donors (Lipinski definition) is 2. The highest BCUT2D eigenvalue weighted by molar-refractivity contribution is 7.90. The number of sulfonamides is 1. The Labute approximate surface area is 106 Å². The van der Waals surface area contributed by atoms with Crippen molar-refractivity contribution in [3.05, 3.63) is 0 Å². The molecule has 0 rings (SSSR count). The molecule has 2 N–H and O–H groups in total. The molecule has 0 amide bonds. The lowest BCUT2D eigenvalue weighted by atomic mass is 10.2. The topological polar surface area (TPSA) is 127 Å². The molecule has 108 valence electrons. The predicted octanol–water partition coefficient (Wildman–Crippen LogP) is -1.56. The van der Waals surface area contributed by atoms with Crippen molar-refractivity contribution >= 4 is 25.8 Å². The van der Waals surface area contributed by atoms with Gasteiger partial charge in [-0.1, -0.05) is 0 Å². The minimum atomic E-state index is -3.81. The number of carboxylic acids is 1. The average molecular weight is 303 g/mol. The van der Waals surface area contributed by atoms with Crippen LogP contribution in [0, 0.1) is 0 Å². The molecule has 0 aromatic rings. The second-order valence-electron chi connectivity index (χ2n) is 3.74. The van der Waals surface area contributed by atoms with Gasteiger partial charge >= 0.3 is 5.97 Å². The fourth-order valence-corrected chi connectivity index (χ4v) is 2.85. The molecule has 0 bridgehead atoms. The summed E-state index contributed by atoms with van der Waals surface area (Å²) in [4.78, 5) is 10.8. The zero-order valence-electron chi connectivity index (χ0n) is 10.1. The zero-order chi connectivity index (χ0) is 14.4. The molecule has 0 aliphatic heterocycles. The Morgan fingerprint density at radius 1 is 1.28 bits per heavy atom. The lowest BCUT2D eigenvalue weighted by molar-refractivity contribution is -0.139. The maximum absolute atomic E-state index is 11.4. The van der Waals surface area contributed by atoms with Crippen molar-refractivity contribution in [1.29, 1.82) is 0 Å². The predicted molar refractivity (Wildman–Crippen MR) is 64.6 cm³/mol. The van der Waals surface area contributed by atoms with Crippen LogP contribution in [0.2, 0.25) is 0 Å². The van der Waals surface area contributed by atoms with Crippen molar-refractivity contribution in [2.75, 3.05) is 31.5 Å². The molecule has 0 heterocycles. The molecule has 8 nitrogen and oxygen atoms in total. The van der Waals surface area contributed by atoms with Crippen LogP contribution < -0.4 is 4.72 Å². The molecule has 18 heavy (non-hydrogen) atoms. The molecule has 0 aliphatic rings. The van der Waals surface area contributed by atoms with Gasteiger partial charge in [0.15, 0.2) is 0 Å². The molecule has 0 aliphatic carbocycles. The smallest absolute Gasteiger partial charge is 0.321 e. The quantitative estimate of drug-likeness (QED) is 0.527. The fourth-order valence-electron chi connectivity index (χ4n) is 1.03. The normalized spacial score (nSPS) is 14.3. The van der Waals surface area contributed by atoms with E-state index in [-0.39, 0.29) is 18.8 Å². The van der Waals surface area contributed by atoms with Crippen LogP contribution in [0.5, 0.6) is 0 Å². The van der Waals surface area contributed by atoms with E-state index in [0.29, 0.717) is 0 Å². The van der Waals surface area contributed by atoms with E-state index in [4.69, 9.17) is 5.11 Å². The third-order valence-electron chi connectivity index (χ3n) is 1.95. The van der Waals surface area contributed by atoms with Gasteiger partial charge in [0, 0.05) is 13.4 Å². The van der Waals surface area contributed by atoms with Crippen molar-refractivity contribution < 1.29 is 31.5 Å². The number of ether oxygens (including phenoxy) is 1.